The van der Waals surface area contributed by atoms with Gasteiger partial charge in [-0.15, -0.1) is 0 Å². The van der Waals surface area contributed by atoms with Gasteiger partial charge in [0, 0.05) is 49.4 Å². The van der Waals surface area contributed by atoms with Gasteiger partial charge in [-0.25, -0.2) is 0 Å². The van der Waals surface area contributed by atoms with Crippen LogP contribution >= 0.6 is 0 Å². The molecule has 246 valence electrons. The Kier molecular flexibility index (Phi) is 6.01. The smallest absolute Gasteiger partial charge is 0.143 e. The average Bonchev–Trinajstić information content (AvgIpc) is 3.83. The van der Waals surface area contributed by atoms with Crippen LogP contribution in [0.1, 0.15) is 25.0 Å². The van der Waals surface area contributed by atoms with E-state index in [2.05, 4.69) is 158 Å². The molecular formula is C49H33NO2. The summed E-state index contributed by atoms with van der Waals surface area (Å²) in [5.74, 6) is 0. The predicted octanol–water partition coefficient (Wildman–Crippen LogP) is 14.1. The Labute approximate surface area is 301 Å². The summed E-state index contributed by atoms with van der Waals surface area (Å²) >= 11 is 0. The molecule has 0 aliphatic heterocycles. The van der Waals surface area contributed by atoms with Crippen LogP contribution in [0.4, 0.5) is 17.1 Å². The molecule has 2 aromatic heterocycles. The van der Waals surface area contributed by atoms with Gasteiger partial charge in [0.25, 0.3) is 0 Å². The second kappa shape index (κ2) is 10.7. The lowest BCUT2D eigenvalue weighted by molar-refractivity contribution is 0.660. The number of nitrogens with zero attached hydrogens (tertiary/aromatic N) is 1. The zero-order valence-electron chi connectivity index (χ0n) is 28.9. The van der Waals surface area contributed by atoms with Crippen LogP contribution in [0.15, 0.2) is 173 Å². The number of furan rings is 2. The Balaban J connectivity index is 1.06. The van der Waals surface area contributed by atoms with E-state index in [0.717, 1.165) is 77.5 Å². The molecule has 2 heterocycles. The van der Waals surface area contributed by atoms with E-state index in [0.29, 0.717) is 0 Å². The van der Waals surface area contributed by atoms with Gasteiger partial charge in [-0.1, -0.05) is 111 Å². The lowest BCUT2D eigenvalue weighted by Crippen LogP contribution is -2.16. The minimum Gasteiger partial charge on any atom is -0.456 e. The molecular weight excluding hydrogens is 635 g/mol. The predicted molar refractivity (Wildman–Crippen MR) is 216 cm³/mol. The molecule has 0 amide bonds. The van der Waals surface area contributed by atoms with E-state index in [4.69, 9.17) is 8.83 Å². The summed E-state index contributed by atoms with van der Waals surface area (Å²) < 4.78 is 12.6. The molecule has 8 aromatic carbocycles. The third-order valence-electron chi connectivity index (χ3n) is 11.3. The number of hydrogen-bond acceptors (Lipinski definition) is 3. The zero-order valence-corrected chi connectivity index (χ0v) is 28.9. The first-order chi connectivity index (χ1) is 25.5. The number of hydrogen-bond donors (Lipinski definition) is 0. The van der Waals surface area contributed by atoms with Gasteiger partial charge in [-0.05, 0) is 105 Å². The molecule has 52 heavy (non-hydrogen) atoms. The van der Waals surface area contributed by atoms with Crippen LogP contribution in [-0.4, -0.2) is 0 Å². The van der Waals surface area contributed by atoms with E-state index >= 15 is 0 Å². The summed E-state index contributed by atoms with van der Waals surface area (Å²) in [6.07, 6.45) is 0. The molecule has 10 aromatic rings. The van der Waals surface area contributed by atoms with Gasteiger partial charge in [-0.3, -0.25) is 0 Å². The Hall–Kier alpha value is -6.58. The topological polar surface area (TPSA) is 29.5 Å². The number of fused-ring (bicyclic) bond motifs is 11. The van der Waals surface area contributed by atoms with Crippen molar-refractivity contribution in [2.24, 2.45) is 0 Å². The lowest BCUT2D eigenvalue weighted by atomic mass is 9.82. The van der Waals surface area contributed by atoms with Gasteiger partial charge in [-0.2, -0.15) is 0 Å². The van der Waals surface area contributed by atoms with E-state index < -0.39 is 0 Å². The maximum absolute atomic E-state index is 6.41. The highest BCUT2D eigenvalue weighted by Crippen LogP contribution is 2.51. The number of anilines is 3. The van der Waals surface area contributed by atoms with Gasteiger partial charge in [0.15, 0.2) is 0 Å². The fourth-order valence-corrected chi connectivity index (χ4v) is 8.62. The van der Waals surface area contributed by atoms with Crippen LogP contribution in [0.2, 0.25) is 0 Å². The van der Waals surface area contributed by atoms with Crippen molar-refractivity contribution in [1.82, 2.24) is 0 Å². The van der Waals surface area contributed by atoms with Crippen molar-refractivity contribution in [3.05, 3.63) is 175 Å². The molecule has 0 saturated heterocycles. The van der Waals surface area contributed by atoms with Crippen molar-refractivity contribution < 1.29 is 8.83 Å². The lowest BCUT2D eigenvalue weighted by Gasteiger charge is -2.28. The third kappa shape index (κ3) is 4.20. The average molecular weight is 668 g/mol. The Morgan fingerprint density at radius 2 is 1.02 bits per heavy atom. The number of para-hydroxylation sites is 2. The highest BCUT2D eigenvalue weighted by atomic mass is 16.3. The van der Waals surface area contributed by atoms with E-state index in [1.807, 2.05) is 24.3 Å². The van der Waals surface area contributed by atoms with Gasteiger partial charge >= 0.3 is 0 Å². The summed E-state index contributed by atoms with van der Waals surface area (Å²) in [6.45, 7) is 4.68. The largest absolute Gasteiger partial charge is 0.456 e. The van der Waals surface area contributed by atoms with Crippen molar-refractivity contribution in [1.29, 1.82) is 0 Å². The van der Waals surface area contributed by atoms with Crippen LogP contribution in [0.5, 0.6) is 0 Å². The maximum atomic E-state index is 6.41. The molecule has 0 N–H and O–H groups in total. The van der Waals surface area contributed by atoms with Crippen LogP contribution in [0, 0.1) is 0 Å². The Bertz CT molecular complexity index is 3050. The first-order valence-corrected chi connectivity index (χ1v) is 17.9. The van der Waals surface area contributed by atoms with Crippen molar-refractivity contribution in [2.45, 2.75) is 19.3 Å². The molecule has 3 heteroatoms. The van der Waals surface area contributed by atoms with Crippen molar-refractivity contribution in [3.8, 4) is 22.3 Å². The van der Waals surface area contributed by atoms with E-state index in [1.165, 1.54) is 27.6 Å². The third-order valence-corrected chi connectivity index (χ3v) is 11.3. The van der Waals surface area contributed by atoms with Crippen LogP contribution in [0.3, 0.4) is 0 Å². The molecule has 0 bridgehead atoms. The molecule has 3 nitrogen and oxygen atoms in total. The molecule has 0 unspecified atom stereocenters. The first-order valence-electron chi connectivity index (χ1n) is 17.9. The fourth-order valence-electron chi connectivity index (χ4n) is 8.62. The van der Waals surface area contributed by atoms with Crippen molar-refractivity contribution in [2.75, 3.05) is 4.90 Å². The van der Waals surface area contributed by atoms with Crippen molar-refractivity contribution >= 4 is 71.7 Å². The van der Waals surface area contributed by atoms with E-state index in [9.17, 15) is 0 Å². The van der Waals surface area contributed by atoms with Crippen LogP contribution in [0.25, 0.3) is 76.9 Å². The first kappa shape index (κ1) is 29.2. The molecule has 0 spiro atoms. The highest BCUT2D eigenvalue weighted by Gasteiger charge is 2.35. The molecule has 0 saturated carbocycles. The SMILES string of the molecule is CC1(C)c2ccccc2-c2ccc(N(c3ccc(-c4ccc5ccc6c7ccccc7oc6c5c4)cc3)c3ccc4oc5ccccc5c4c3)cc21. The van der Waals surface area contributed by atoms with Crippen molar-refractivity contribution in [3.63, 3.8) is 0 Å². The second-order valence-corrected chi connectivity index (χ2v) is 14.5. The van der Waals surface area contributed by atoms with Crippen LogP contribution in [-0.2, 0) is 5.41 Å². The molecule has 0 fully saturated rings. The van der Waals surface area contributed by atoms with Gasteiger partial charge < -0.3 is 13.7 Å². The van der Waals surface area contributed by atoms with E-state index in [-0.39, 0.29) is 5.41 Å². The van der Waals surface area contributed by atoms with Gasteiger partial charge in [0.2, 0.25) is 0 Å². The Morgan fingerprint density at radius 1 is 0.404 bits per heavy atom. The Morgan fingerprint density at radius 3 is 1.87 bits per heavy atom. The van der Waals surface area contributed by atoms with Crippen LogP contribution < -0.4 is 4.90 Å². The normalized spacial score (nSPS) is 13.3. The molecule has 0 atom stereocenters. The molecule has 1 aliphatic rings. The fraction of sp³-hybridized carbons (Fsp3) is 0.0612. The maximum Gasteiger partial charge on any atom is 0.143 e. The standard InChI is InChI=1S/C49H33NO2/c1-49(2)43-12-6-3-9-36(43)37-25-22-35(29-44(37)49)50(34-23-26-47-42(28-34)39-11-5-7-13-45(39)51-47)33-20-17-30(18-21-33)32-16-15-31-19-24-40-38-10-4-8-14-46(38)52-48(40)41(31)27-32/h3-29H,1-2H3. The summed E-state index contributed by atoms with van der Waals surface area (Å²) in [4.78, 5) is 2.38. The molecule has 1 aliphatic carbocycles. The summed E-state index contributed by atoms with van der Waals surface area (Å²) in [5.41, 5.74) is 14.5. The van der Waals surface area contributed by atoms with Gasteiger partial charge in [0.05, 0.1) is 0 Å². The monoisotopic (exact) mass is 667 g/mol. The second-order valence-electron chi connectivity index (χ2n) is 14.5. The van der Waals surface area contributed by atoms with E-state index in [1.54, 1.807) is 0 Å². The number of rotatable bonds is 4. The minimum atomic E-state index is -0.108. The van der Waals surface area contributed by atoms with Gasteiger partial charge in [0.1, 0.15) is 22.3 Å². The molecule has 11 rings (SSSR count). The molecule has 0 radical (unpaired) electrons. The summed E-state index contributed by atoms with van der Waals surface area (Å²) in [7, 11) is 0. The zero-order chi connectivity index (χ0) is 34.6. The quantitative estimate of drug-likeness (QED) is 0.187. The number of benzene rings is 8. The minimum absolute atomic E-state index is 0.108. The summed E-state index contributed by atoms with van der Waals surface area (Å²) in [6, 6.07) is 58.9. The summed E-state index contributed by atoms with van der Waals surface area (Å²) in [5, 5.41) is 6.82. The highest BCUT2D eigenvalue weighted by molar-refractivity contribution is 6.15.